The Kier molecular flexibility index (Phi) is 10.6. The molecule has 4 rings (SSSR count). The standard InChI is InChI=1S/C29H39IN2O7/c1-38-25-13-20(17-34)12-22(30)28(25)39-24-15-21(29(37)31-10-11-33)14-23(27(24)36)32(16-19-6-7-19)26(35)9-8-18-4-2-3-5-18/h12-13,15,17-19,23-24,27,33,36H,2-11,14,16H2,1H3,(H,31,37). The number of benzene rings is 1. The van der Waals surface area contributed by atoms with E-state index in [-0.39, 0.29) is 31.4 Å². The molecule has 0 saturated heterocycles. The molecule has 3 atom stereocenters. The van der Waals surface area contributed by atoms with Crippen molar-refractivity contribution in [2.45, 2.75) is 76.0 Å². The predicted octanol–water partition coefficient (Wildman–Crippen LogP) is 3.24. The average molecular weight is 655 g/mol. The van der Waals surface area contributed by atoms with Crippen LogP contribution in [-0.4, -0.2) is 78.3 Å². The molecule has 0 spiro atoms. The molecule has 39 heavy (non-hydrogen) atoms. The lowest BCUT2D eigenvalue weighted by molar-refractivity contribution is -0.139. The van der Waals surface area contributed by atoms with Gasteiger partial charge in [-0.3, -0.25) is 14.4 Å². The van der Waals surface area contributed by atoms with Gasteiger partial charge in [0.2, 0.25) is 11.8 Å². The molecule has 0 heterocycles. The number of carbonyl (C=O) groups is 3. The van der Waals surface area contributed by atoms with Gasteiger partial charge in [0.25, 0.3) is 0 Å². The zero-order valence-corrected chi connectivity index (χ0v) is 24.6. The maximum absolute atomic E-state index is 13.6. The number of ether oxygens (including phenoxy) is 2. The van der Waals surface area contributed by atoms with Crippen molar-refractivity contribution in [1.82, 2.24) is 10.2 Å². The highest BCUT2D eigenvalue weighted by Crippen LogP contribution is 2.38. The van der Waals surface area contributed by atoms with Gasteiger partial charge in [0.05, 0.1) is 23.3 Å². The molecule has 0 aromatic heterocycles. The monoisotopic (exact) mass is 654 g/mol. The Morgan fingerprint density at radius 2 is 1.92 bits per heavy atom. The van der Waals surface area contributed by atoms with Crippen LogP contribution in [0.4, 0.5) is 0 Å². The van der Waals surface area contributed by atoms with E-state index in [1.54, 1.807) is 23.1 Å². The summed E-state index contributed by atoms with van der Waals surface area (Å²) in [4.78, 5) is 39.8. The van der Waals surface area contributed by atoms with Crippen molar-refractivity contribution in [1.29, 1.82) is 0 Å². The molecule has 1 aromatic carbocycles. The van der Waals surface area contributed by atoms with Crippen LogP contribution in [0.15, 0.2) is 23.8 Å². The molecule has 3 aliphatic carbocycles. The second-order valence-corrected chi connectivity index (χ2v) is 12.0. The van der Waals surface area contributed by atoms with E-state index in [4.69, 9.17) is 9.47 Å². The Bertz CT molecular complexity index is 1070. The van der Waals surface area contributed by atoms with E-state index in [0.717, 1.165) is 25.5 Å². The van der Waals surface area contributed by atoms with E-state index in [2.05, 4.69) is 5.32 Å². The van der Waals surface area contributed by atoms with Crippen molar-refractivity contribution >= 4 is 40.7 Å². The Hall–Kier alpha value is -2.18. The highest BCUT2D eigenvalue weighted by Gasteiger charge is 2.42. The smallest absolute Gasteiger partial charge is 0.247 e. The fourth-order valence-corrected chi connectivity index (χ4v) is 6.36. The lowest BCUT2D eigenvalue weighted by Crippen LogP contribution is -2.55. The zero-order valence-electron chi connectivity index (χ0n) is 22.4. The molecule has 3 unspecified atom stereocenters. The van der Waals surface area contributed by atoms with Crippen molar-refractivity contribution in [3.05, 3.63) is 32.9 Å². The molecular weight excluding hydrogens is 615 g/mol. The molecule has 9 nitrogen and oxygen atoms in total. The second kappa shape index (κ2) is 13.9. The maximum atomic E-state index is 13.6. The third-order valence-corrected chi connectivity index (χ3v) is 8.77. The summed E-state index contributed by atoms with van der Waals surface area (Å²) in [6, 6.07) is 2.58. The third-order valence-electron chi connectivity index (χ3n) is 7.97. The summed E-state index contributed by atoms with van der Waals surface area (Å²) in [5.74, 6) is 1.31. The summed E-state index contributed by atoms with van der Waals surface area (Å²) in [7, 11) is 1.47. The quantitative estimate of drug-likeness (QED) is 0.220. The number of aldehydes is 1. The fraction of sp³-hybridized carbons (Fsp3) is 0.621. The van der Waals surface area contributed by atoms with Crippen LogP contribution in [0.25, 0.3) is 0 Å². The minimum atomic E-state index is -1.08. The van der Waals surface area contributed by atoms with E-state index in [1.165, 1.54) is 32.8 Å². The summed E-state index contributed by atoms with van der Waals surface area (Å²) in [6.45, 7) is 0.454. The Labute approximate surface area is 243 Å². The number of methoxy groups -OCH3 is 1. The third kappa shape index (κ3) is 7.73. The molecule has 0 aliphatic heterocycles. The van der Waals surface area contributed by atoms with Gasteiger partial charge in [-0.05, 0) is 71.9 Å². The van der Waals surface area contributed by atoms with Crippen LogP contribution in [0.1, 0.15) is 68.1 Å². The summed E-state index contributed by atoms with van der Waals surface area (Å²) >= 11 is 2.04. The highest BCUT2D eigenvalue weighted by atomic mass is 127. The van der Waals surface area contributed by atoms with Crippen LogP contribution in [0.5, 0.6) is 11.5 Å². The predicted molar refractivity (Wildman–Crippen MR) is 154 cm³/mol. The number of halogens is 1. The normalized spacial score (nSPS) is 23.2. The van der Waals surface area contributed by atoms with E-state index in [9.17, 15) is 24.6 Å². The molecule has 3 N–H and O–H groups in total. The van der Waals surface area contributed by atoms with Crippen molar-refractivity contribution in [2.75, 3.05) is 26.8 Å². The Balaban J connectivity index is 1.62. The number of amides is 2. The van der Waals surface area contributed by atoms with E-state index >= 15 is 0 Å². The largest absolute Gasteiger partial charge is 0.493 e. The summed E-state index contributed by atoms with van der Waals surface area (Å²) in [6.07, 6.45) is 8.63. The first kappa shape index (κ1) is 29.8. The van der Waals surface area contributed by atoms with Gasteiger partial charge in [-0.25, -0.2) is 0 Å². The first-order valence-electron chi connectivity index (χ1n) is 13.9. The molecule has 2 amide bonds. The molecule has 0 radical (unpaired) electrons. The Morgan fingerprint density at radius 3 is 2.56 bits per heavy atom. The Morgan fingerprint density at radius 1 is 1.18 bits per heavy atom. The molecule has 0 bridgehead atoms. The summed E-state index contributed by atoms with van der Waals surface area (Å²) in [5, 5.41) is 23.5. The molecule has 10 heteroatoms. The lowest BCUT2D eigenvalue weighted by atomic mass is 9.87. The minimum absolute atomic E-state index is 0.0103. The van der Waals surface area contributed by atoms with Crippen LogP contribution < -0.4 is 14.8 Å². The van der Waals surface area contributed by atoms with Crippen molar-refractivity contribution < 1.29 is 34.1 Å². The first-order chi connectivity index (χ1) is 18.8. The number of nitrogens with one attached hydrogen (secondary N) is 1. The maximum Gasteiger partial charge on any atom is 0.247 e. The van der Waals surface area contributed by atoms with Crippen molar-refractivity contribution in [3.8, 4) is 11.5 Å². The van der Waals surface area contributed by atoms with E-state index < -0.39 is 18.2 Å². The molecule has 2 fully saturated rings. The van der Waals surface area contributed by atoms with Gasteiger partial charge >= 0.3 is 0 Å². The molecule has 214 valence electrons. The van der Waals surface area contributed by atoms with Crippen LogP contribution in [0.3, 0.4) is 0 Å². The lowest BCUT2D eigenvalue weighted by Gasteiger charge is -2.41. The number of hydrogen-bond acceptors (Lipinski definition) is 7. The summed E-state index contributed by atoms with van der Waals surface area (Å²) < 4.78 is 12.4. The molecule has 3 aliphatic rings. The number of nitrogens with zero attached hydrogens (tertiary/aromatic N) is 1. The first-order valence-corrected chi connectivity index (χ1v) is 15.0. The minimum Gasteiger partial charge on any atom is -0.493 e. The van der Waals surface area contributed by atoms with Crippen LogP contribution >= 0.6 is 22.6 Å². The molecular formula is C29H39IN2O7. The van der Waals surface area contributed by atoms with Gasteiger partial charge in [0, 0.05) is 37.1 Å². The van der Waals surface area contributed by atoms with E-state index in [1.807, 2.05) is 22.6 Å². The highest BCUT2D eigenvalue weighted by molar-refractivity contribution is 14.1. The SMILES string of the molecule is COc1cc(C=O)cc(I)c1OC1C=C(C(=O)NCCO)CC(N(CC2CC2)C(=O)CCC2CCCC2)C1O. The number of rotatable bonds is 13. The molecule has 1 aromatic rings. The average Bonchev–Trinajstić information content (AvgIpc) is 3.61. The number of hydrogen-bond donors (Lipinski definition) is 3. The van der Waals surface area contributed by atoms with Crippen LogP contribution in [-0.2, 0) is 9.59 Å². The van der Waals surface area contributed by atoms with Gasteiger partial charge in [-0.15, -0.1) is 0 Å². The van der Waals surface area contributed by atoms with Crippen molar-refractivity contribution in [3.63, 3.8) is 0 Å². The second-order valence-electron chi connectivity index (χ2n) is 10.8. The fourth-order valence-electron chi connectivity index (χ4n) is 5.61. The van der Waals surface area contributed by atoms with Gasteiger partial charge < -0.3 is 29.9 Å². The van der Waals surface area contributed by atoms with Crippen molar-refractivity contribution in [2.24, 2.45) is 11.8 Å². The van der Waals surface area contributed by atoms with E-state index in [0.29, 0.717) is 51.0 Å². The van der Waals surface area contributed by atoms with Crippen LogP contribution in [0, 0.1) is 15.4 Å². The number of aliphatic hydroxyl groups is 2. The zero-order chi connectivity index (χ0) is 27.9. The van der Waals surface area contributed by atoms with Gasteiger partial charge in [0.15, 0.2) is 11.5 Å². The van der Waals surface area contributed by atoms with Crippen LogP contribution in [0.2, 0.25) is 0 Å². The topological polar surface area (TPSA) is 125 Å². The van der Waals surface area contributed by atoms with Gasteiger partial charge in [-0.1, -0.05) is 25.7 Å². The molecule has 2 saturated carbocycles. The number of carbonyl (C=O) groups excluding carboxylic acids is 3. The summed E-state index contributed by atoms with van der Waals surface area (Å²) in [5.41, 5.74) is 0.820. The van der Waals surface area contributed by atoms with Gasteiger partial charge in [-0.2, -0.15) is 0 Å². The number of aliphatic hydroxyl groups excluding tert-OH is 2. The van der Waals surface area contributed by atoms with Gasteiger partial charge in [0.1, 0.15) is 18.5 Å².